The minimum absolute atomic E-state index is 0.00207. The molecule has 0 radical (unpaired) electrons. The van der Waals surface area contributed by atoms with Gasteiger partial charge in [-0.05, 0) is 53.6 Å². The molecule has 17 heavy (non-hydrogen) atoms. The predicted octanol–water partition coefficient (Wildman–Crippen LogP) is 1.59. The van der Waals surface area contributed by atoms with Gasteiger partial charge in [-0.3, -0.25) is 4.79 Å². The summed E-state index contributed by atoms with van der Waals surface area (Å²) in [6.45, 7) is 0.679. The first-order chi connectivity index (χ1) is 8.13. The van der Waals surface area contributed by atoms with Crippen molar-refractivity contribution >= 4 is 28.5 Å². The highest BCUT2D eigenvalue weighted by atomic mass is 127. The van der Waals surface area contributed by atoms with E-state index >= 15 is 0 Å². The van der Waals surface area contributed by atoms with Crippen LogP contribution in [0.1, 0.15) is 23.2 Å². The van der Waals surface area contributed by atoms with Crippen molar-refractivity contribution in [1.29, 1.82) is 0 Å². The Morgan fingerprint density at radius 3 is 2.94 bits per heavy atom. The van der Waals surface area contributed by atoms with Crippen molar-refractivity contribution in [1.82, 2.24) is 4.90 Å². The zero-order valence-electron chi connectivity index (χ0n) is 9.27. The number of aliphatic hydroxyl groups is 1. The molecular formula is C12H14INO3. The second-order valence-corrected chi connectivity index (χ2v) is 5.31. The summed E-state index contributed by atoms with van der Waals surface area (Å²) in [5.41, 5.74) is 0.475. The maximum Gasteiger partial charge on any atom is 0.254 e. The fourth-order valence-corrected chi connectivity index (χ4v) is 2.44. The summed E-state index contributed by atoms with van der Waals surface area (Å²) in [6.07, 6.45) is 1.77. The highest BCUT2D eigenvalue weighted by Crippen LogP contribution is 2.24. The van der Waals surface area contributed by atoms with Gasteiger partial charge in [0, 0.05) is 12.1 Å². The molecular weight excluding hydrogens is 333 g/mol. The van der Waals surface area contributed by atoms with E-state index < -0.39 is 0 Å². The van der Waals surface area contributed by atoms with Crippen LogP contribution < -0.4 is 0 Å². The van der Waals surface area contributed by atoms with Crippen LogP contribution in [-0.4, -0.2) is 40.2 Å². The minimum atomic E-state index is -0.117. The lowest BCUT2D eigenvalue weighted by atomic mass is 10.1. The van der Waals surface area contributed by atoms with Gasteiger partial charge in [0.2, 0.25) is 0 Å². The summed E-state index contributed by atoms with van der Waals surface area (Å²) >= 11 is 2.01. The lowest BCUT2D eigenvalue weighted by Gasteiger charge is -2.23. The van der Waals surface area contributed by atoms with Crippen molar-refractivity contribution in [3.63, 3.8) is 0 Å². The first kappa shape index (κ1) is 12.6. The van der Waals surface area contributed by atoms with Gasteiger partial charge in [0.15, 0.2) is 0 Å². The number of phenols is 1. The van der Waals surface area contributed by atoms with E-state index in [4.69, 9.17) is 0 Å². The number of rotatable bonds is 2. The van der Waals surface area contributed by atoms with Gasteiger partial charge in [-0.15, -0.1) is 0 Å². The molecule has 2 N–H and O–H groups in total. The van der Waals surface area contributed by atoms with Gasteiger partial charge < -0.3 is 15.1 Å². The van der Waals surface area contributed by atoms with Crippen LogP contribution in [0.5, 0.6) is 5.75 Å². The molecule has 1 aliphatic rings. The number of nitrogens with zero attached hydrogens (tertiary/aromatic N) is 1. The normalized spacial score (nSPS) is 19.6. The Bertz CT molecular complexity index is 436. The van der Waals surface area contributed by atoms with Crippen molar-refractivity contribution in [2.75, 3.05) is 13.2 Å². The average molecular weight is 347 g/mol. The van der Waals surface area contributed by atoms with E-state index in [1.807, 2.05) is 22.6 Å². The number of aromatic hydroxyl groups is 1. The van der Waals surface area contributed by atoms with Crippen LogP contribution in [-0.2, 0) is 0 Å². The third-order valence-electron chi connectivity index (χ3n) is 3.04. The number of likely N-dealkylation sites (tertiary alicyclic amines) is 1. The second-order valence-electron chi connectivity index (χ2n) is 4.14. The van der Waals surface area contributed by atoms with Crippen molar-refractivity contribution < 1.29 is 15.0 Å². The largest absolute Gasteiger partial charge is 0.507 e. The third-order valence-corrected chi connectivity index (χ3v) is 3.95. The second kappa shape index (κ2) is 5.22. The van der Waals surface area contributed by atoms with Crippen LogP contribution in [0, 0.1) is 3.57 Å². The lowest BCUT2D eigenvalue weighted by Crippen LogP contribution is -2.37. The molecule has 0 aromatic heterocycles. The molecule has 1 saturated heterocycles. The van der Waals surface area contributed by atoms with Crippen LogP contribution in [0.2, 0.25) is 0 Å². The quantitative estimate of drug-likeness (QED) is 0.799. The standard InChI is InChI=1S/C12H14INO3/c13-10-4-3-8(6-11(10)16)12(17)14-5-1-2-9(14)7-15/h3-4,6,9,15-16H,1-2,5,7H2/t9-/m1/s1. The van der Waals surface area contributed by atoms with E-state index in [1.54, 1.807) is 17.0 Å². The molecule has 4 nitrogen and oxygen atoms in total. The lowest BCUT2D eigenvalue weighted by molar-refractivity contribution is 0.0677. The van der Waals surface area contributed by atoms with E-state index in [2.05, 4.69) is 0 Å². The molecule has 0 bridgehead atoms. The maximum absolute atomic E-state index is 12.2. The van der Waals surface area contributed by atoms with E-state index in [1.165, 1.54) is 6.07 Å². The summed E-state index contributed by atoms with van der Waals surface area (Å²) in [5.74, 6) is 0.00412. The van der Waals surface area contributed by atoms with Crippen LogP contribution in [0.4, 0.5) is 0 Å². The number of hydrogen-bond acceptors (Lipinski definition) is 3. The van der Waals surface area contributed by atoms with Crippen LogP contribution in [0.25, 0.3) is 0 Å². The number of halogens is 1. The van der Waals surface area contributed by atoms with Gasteiger partial charge >= 0.3 is 0 Å². The molecule has 1 aromatic rings. The Hall–Kier alpha value is -0.820. The number of amides is 1. The van der Waals surface area contributed by atoms with Crippen LogP contribution in [0.15, 0.2) is 18.2 Å². The molecule has 0 aliphatic carbocycles. The van der Waals surface area contributed by atoms with Crippen molar-refractivity contribution in [3.05, 3.63) is 27.3 Å². The number of aliphatic hydroxyl groups excluding tert-OH is 1. The van der Waals surface area contributed by atoms with Gasteiger partial charge in [0.1, 0.15) is 5.75 Å². The van der Waals surface area contributed by atoms with E-state index in [0.717, 1.165) is 16.4 Å². The number of hydrogen-bond donors (Lipinski definition) is 2. The number of benzene rings is 1. The molecule has 0 spiro atoms. The average Bonchev–Trinajstić information content (AvgIpc) is 2.80. The van der Waals surface area contributed by atoms with E-state index in [9.17, 15) is 15.0 Å². The molecule has 1 heterocycles. The van der Waals surface area contributed by atoms with Gasteiger partial charge in [-0.1, -0.05) is 0 Å². The Morgan fingerprint density at radius 1 is 1.53 bits per heavy atom. The van der Waals surface area contributed by atoms with E-state index in [0.29, 0.717) is 12.1 Å². The van der Waals surface area contributed by atoms with Gasteiger partial charge in [0.25, 0.3) is 5.91 Å². The predicted molar refractivity (Wildman–Crippen MR) is 72.0 cm³/mol. The fourth-order valence-electron chi connectivity index (χ4n) is 2.10. The molecule has 1 amide bonds. The molecule has 2 rings (SSSR count). The maximum atomic E-state index is 12.2. The molecule has 0 saturated carbocycles. The number of phenolic OH excluding ortho intramolecular Hbond substituents is 1. The summed E-state index contributed by atoms with van der Waals surface area (Å²) in [4.78, 5) is 13.9. The minimum Gasteiger partial charge on any atom is -0.507 e. The Balaban J connectivity index is 2.21. The highest BCUT2D eigenvalue weighted by molar-refractivity contribution is 14.1. The summed E-state index contributed by atoms with van der Waals surface area (Å²) in [5, 5.41) is 18.8. The molecule has 1 fully saturated rings. The fraction of sp³-hybridized carbons (Fsp3) is 0.417. The number of carbonyl (C=O) groups is 1. The number of carbonyl (C=O) groups excluding carboxylic acids is 1. The first-order valence-corrected chi connectivity index (χ1v) is 6.61. The van der Waals surface area contributed by atoms with Crippen molar-refractivity contribution in [2.45, 2.75) is 18.9 Å². The SMILES string of the molecule is O=C(c1ccc(I)c(O)c1)N1CCC[C@@H]1CO. The monoisotopic (exact) mass is 347 g/mol. The molecule has 0 unspecified atom stereocenters. The highest BCUT2D eigenvalue weighted by Gasteiger charge is 2.28. The zero-order valence-corrected chi connectivity index (χ0v) is 11.4. The van der Waals surface area contributed by atoms with Gasteiger partial charge in [0.05, 0.1) is 16.2 Å². The molecule has 1 atom stereocenters. The molecule has 1 aliphatic heterocycles. The molecule has 92 valence electrons. The summed E-state index contributed by atoms with van der Waals surface area (Å²) in [7, 11) is 0. The molecule has 1 aromatic carbocycles. The van der Waals surface area contributed by atoms with E-state index in [-0.39, 0.29) is 24.3 Å². The van der Waals surface area contributed by atoms with Gasteiger partial charge in [-0.25, -0.2) is 0 Å². The Kier molecular flexibility index (Phi) is 3.88. The van der Waals surface area contributed by atoms with Crippen molar-refractivity contribution in [2.24, 2.45) is 0 Å². The summed E-state index contributed by atoms with van der Waals surface area (Å²) < 4.78 is 0.722. The smallest absolute Gasteiger partial charge is 0.254 e. The third kappa shape index (κ3) is 2.55. The van der Waals surface area contributed by atoms with Crippen molar-refractivity contribution in [3.8, 4) is 5.75 Å². The topological polar surface area (TPSA) is 60.8 Å². The molecule has 5 heteroatoms. The van der Waals surface area contributed by atoms with Gasteiger partial charge in [-0.2, -0.15) is 0 Å². The summed E-state index contributed by atoms with van der Waals surface area (Å²) in [6, 6.07) is 4.82. The zero-order chi connectivity index (χ0) is 12.4. The van der Waals surface area contributed by atoms with Crippen LogP contribution >= 0.6 is 22.6 Å². The Labute approximate surface area is 113 Å². The Morgan fingerprint density at radius 2 is 2.29 bits per heavy atom. The van der Waals surface area contributed by atoms with Crippen LogP contribution in [0.3, 0.4) is 0 Å². The first-order valence-electron chi connectivity index (χ1n) is 5.54.